The Bertz CT molecular complexity index is 2020. The minimum atomic E-state index is -0.541. The van der Waals surface area contributed by atoms with Gasteiger partial charge in [-0.2, -0.15) is 5.10 Å². The zero-order valence-corrected chi connectivity index (χ0v) is 34.4. The molecule has 3 saturated carbocycles. The number of aromatic amines is 1. The van der Waals surface area contributed by atoms with Gasteiger partial charge in [0, 0.05) is 36.3 Å². The molecular weight excluding hydrogens is 681 g/mol. The van der Waals surface area contributed by atoms with Crippen LogP contribution in [0.1, 0.15) is 129 Å². The van der Waals surface area contributed by atoms with E-state index in [2.05, 4.69) is 88.9 Å². The number of hydrogen-bond donors (Lipinski definition) is 3. The van der Waals surface area contributed by atoms with Crippen molar-refractivity contribution in [2.75, 3.05) is 23.7 Å². The lowest BCUT2D eigenvalue weighted by molar-refractivity contribution is -0.181. The Labute approximate surface area is 328 Å². The molecule has 294 valence electrons. The van der Waals surface area contributed by atoms with Gasteiger partial charge in [-0.1, -0.05) is 84.4 Å². The maximum Gasteiger partial charge on any atom is 0.313 e. The van der Waals surface area contributed by atoms with E-state index in [0.717, 1.165) is 100 Å². The number of esters is 1. The summed E-state index contributed by atoms with van der Waals surface area (Å²) < 4.78 is 6.40. The lowest BCUT2D eigenvalue weighted by atomic mass is 9.33. The third kappa shape index (κ3) is 5.35. The smallest absolute Gasteiger partial charge is 0.313 e. The molecule has 0 radical (unpaired) electrons. The van der Waals surface area contributed by atoms with Crippen molar-refractivity contribution in [3.8, 4) is 0 Å². The van der Waals surface area contributed by atoms with Crippen LogP contribution in [0.4, 0.5) is 11.6 Å². The van der Waals surface area contributed by atoms with E-state index < -0.39 is 5.41 Å². The number of nitrogens with zero attached hydrogens (tertiary/aromatic N) is 3. The van der Waals surface area contributed by atoms with E-state index in [0.29, 0.717) is 18.4 Å². The molecule has 5 N–H and O–H groups in total. The number of nitrogens with two attached hydrogens (primary N) is 2. The lowest BCUT2D eigenvalue weighted by Gasteiger charge is -2.71. The SMILES string of the molecule is CC1(C)CC[C@]2(C(=O)OCc3ccccc3)CC[C@]3(C)C(=C(c4ccc(N5CCC(N)C5)nc4)CC4[C@@]5(C)Cc6c(n[nH]c6N)C(C)(C)C5CC[C@]43C)C2C1. The normalized spacial score (nSPS) is 37.3. The van der Waals surface area contributed by atoms with Crippen molar-refractivity contribution < 1.29 is 9.53 Å². The summed E-state index contributed by atoms with van der Waals surface area (Å²) in [5.41, 5.74) is 20.1. The average molecular weight is 745 g/mol. The largest absolute Gasteiger partial charge is 0.460 e. The minimum Gasteiger partial charge on any atom is -0.460 e. The maximum atomic E-state index is 14.9. The zero-order valence-electron chi connectivity index (χ0n) is 34.4. The molecule has 4 unspecified atom stereocenters. The number of nitrogen functional groups attached to an aromatic ring is 1. The summed E-state index contributed by atoms with van der Waals surface area (Å²) in [7, 11) is 0. The number of allylic oxidation sites excluding steroid dienone is 2. The summed E-state index contributed by atoms with van der Waals surface area (Å²) >= 11 is 0. The number of carbonyl (C=O) groups is 1. The number of carbonyl (C=O) groups excluding carboxylic acids is 1. The fraction of sp³-hybridized carbons (Fsp3) is 0.638. The number of anilines is 2. The predicted molar refractivity (Wildman–Crippen MR) is 220 cm³/mol. The van der Waals surface area contributed by atoms with Gasteiger partial charge in [-0.25, -0.2) is 4.98 Å². The van der Waals surface area contributed by atoms with Crippen molar-refractivity contribution in [2.24, 2.45) is 50.6 Å². The van der Waals surface area contributed by atoms with Crippen LogP contribution in [0.2, 0.25) is 0 Å². The Kier molecular flexibility index (Phi) is 8.35. The number of ether oxygens (including phenoxy) is 1. The molecule has 0 amide bonds. The van der Waals surface area contributed by atoms with Crippen LogP contribution in [0.5, 0.6) is 0 Å². The fourth-order valence-electron chi connectivity index (χ4n) is 14.0. The van der Waals surface area contributed by atoms with E-state index in [-0.39, 0.29) is 45.0 Å². The average Bonchev–Trinajstić information content (AvgIpc) is 3.76. The summed E-state index contributed by atoms with van der Waals surface area (Å²) in [5, 5.41) is 8.02. The predicted octanol–water partition coefficient (Wildman–Crippen LogP) is 9.01. The van der Waals surface area contributed by atoms with Gasteiger partial charge in [-0.3, -0.25) is 9.89 Å². The van der Waals surface area contributed by atoms with Crippen LogP contribution in [0.3, 0.4) is 0 Å². The highest BCUT2D eigenvalue weighted by Crippen LogP contribution is 2.77. The van der Waals surface area contributed by atoms with Gasteiger partial charge in [0.1, 0.15) is 18.2 Å². The first-order chi connectivity index (χ1) is 26.0. The van der Waals surface area contributed by atoms with Gasteiger partial charge >= 0.3 is 5.97 Å². The van der Waals surface area contributed by atoms with E-state index >= 15 is 0 Å². The van der Waals surface area contributed by atoms with E-state index in [9.17, 15) is 4.79 Å². The second-order valence-corrected chi connectivity index (χ2v) is 20.9. The Balaban J connectivity index is 1.21. The molecule has 55 heavy (non-hydrogen) atoms. The Morgan fingerprint density at radius 3 is 2.42 bits per heavy atom. The molecule has 1 aromatic carbocycles. The summed E-state index contributed by atoms with van der Waals surface area (Å²) in [6.07, 6.45) is 12.1. The Morgan fingerprint density at radius 1 is 0.945 bits per heavy atom. The topological polar surface area (TPSA) is 123 Å². The molecular formula is C47H64N6O2. The molecule has 3 heterocycles. The zero-order chi connectivity index (χ0) is 38.8. The summed E-state index contributed by atoms with van der Waals surface area (Å²) in [4.78, 5) is 22.4. The van der Waals surface area contributed by atoms with Gasteiger partial charge in [-0.05, 0) is 132 Å². The number of hydrogen-bond acceptors (Lipinski definition) is 7. The number of fused-ring (bicyclic) bond motifs is 8. The number of H-pyrrole nitrogens is 1. The minimum absolute atomic E-state index is 0.00420. The number of pyridine rings is 1. The first-order valence-electron chi connectivity index (χ1n) is 21.3. The molecule has 1 saturated heterocycles. The molecule has 3 aromatic rings. The van der Waals surface area contributed by atoms with Crippen molar-refractivity contribution >= 4 is 23.2 Å². The third-order valence-electron chi connectivity index (χ3n) is 17.2. The van der Waals surface area contributed by atoms with Gasteiger partial charge in [0.05, 0.1) is 11.1 Å². The first-order valence-corrected chi connectivity index (χ1v) is 21.3. The quantitative estimate of drug-likeness (QED) is 0.223. The molecule has 0 spiro atoms. The molecule has 8 nitrogen and oxygen atoms in total. The number of nitrogens with one attached hydrogen (secondary N) is 1. The lowest BCUT2D eigenvalue weighted by Crippen LogP contribution is -2.65. The maximum absolute atomic E-state index is 14.9. The molecule has 8 atom stereocenters. The van der Waals surface area contributed by atoms with E-state index in [1.807, 2.05) is 18.2 Å². The van der Waals surface area contributed by atoms with Gasteiger partial charge in [0.15, 0.2) is 0 Å². The summed E-state index contributed by atoms with van der Waals surface area (Å²) in [6, 6.07) is 15.0. The first kappa shape index (κ1) is 37.0. The van der Waals surface area contributed by atoms with Crippen LogP contribution in [-0.2, 0) is 28.0 Å². The molecule has 9 rings (SSSR count). The van der Waals surface area contributed by atoms with E-state index in [4.69, 9.17) is 26.3 Å². The van der Waals surface area contributed by atoms with E-state index in [1.54, 1.807) is 5.57 Å². The number of aromatic nitrogens is 3. The molecule has 2 aromatic heterocycles. The third-order valence-corrected chi connectivity index (χ3v) is 17.2. The Hall–Kier alpha value is -3.65. The van der Waals surface area contributed by atoms with Crippen LogP contribution in [0, 0.1) is 44.8 Å². The van der Waals surface area contributed by atoms with Gasteiger partial charge in [-0.15, -0.1) is 0 Å². The molecule has 8 heteroatoms. The number of rotatable bonds is 5. The summed E-state index contributed by atoms with van der Waals surface area (Å²) in [5.74, 6) is 2.74. The van der Waals surface area contributed by atoms with Gasteiger partial charge < -0.3 is 21.1 Å². The van der Waals surface area contributed by atoms with E-state index in [1.165, 1.54) is 16.7 Å². The fourth-order valence-corrected chi connectivity index (χ4v) is 14.0. The second kappa shape index (κ2) is 12.4. The van der Waals surface area contributed by atoms with Crippen LogP contribution in [0.25, 0.3) is 5.57 Å². The molecule has 4 fully saturated rings. The van der Waals surface area contributed by atoms with Crippen LogP contribution >= 0.6 is 0 Å². The molecule has 5 aliphatic carbocycles. The van der Waals surface area contributed by atoms with Gasteiger partial charge in [0.25, 0.3) is 0 Å². The highest BCUT2D eigenvalue weighted by Gasteiger charge is 2.70. The van der Waals surface area contributed by atoms with Crippen LogP contribution < -0.4 is 16.4 Å². The van der Waals surface area contributed by atoms with Crippen molar-refractivity contribution in [1.82, 2.24) is 15.2 Å². The Morgan fingerprint density at radius 2 is 1.71 bits per heavy atom. The molecule has 1 aliphatic heterocycles. The highest BCUT2D eigenvalue weighted by molar-refractivity contribution is 5.81. The van der Waals surface area contributed by atoms with Crippen molar-refractivity contribution in [2.45, 2.75) is 131 Å². The van der Waals surface area contributed by atoms with Crippen LogP contribution in [-0.4, -0.2) is 40.3 Å². The van der Waals surface area contributed by atoms with Crippen molar-refractivity contribution in [1.29, 1.82) is 0 Å². The summed E-state index contributed by atoms with van der Waals surface area (Å²) in [6.45, 7) is 19.6. The molecule has 6 aliphatic rings. The highest BCUT2D eigenvalue weighted by atomic mass is 16.5. The van der Waals surface area contributed by atoms with Crippen molar-refractivity contribution in [3.05, 3.63) is 76.6 Å². The number of benzene rings is 1. The van der Waals surface area contributed by atoms with Crippen molar-refractivity contribution in [3.63, 3.8) is 0 Å². The van der Waals surface area contributed by atoms with Crippen LogP contribution in [0.15, 0.2) is 54.2 Å². The second-order valence-electron chi connectivity index (χ2n) is 20.9. The monoisotopic (exact) mass is 745 g/mol. The molecule has 0 bridgehead atoms. The standard InChI is InChI=1S/C47H64N6O2/c1-42(2)18-20-47(41(54)55-28-29-11-9-8-10-12-29)21-19-46(7)38(34(47)25-42)32(30-13-14-37(50-26-30)53-22-16-31(48)27-53)23-36-44(5)24-33-39(51-52-40(33)49)43(3,4)35(44)15-17-45(36,46)6/h8-14,26,31,34-36H,15-25,27-28,48H2,1-7H3,(H3,49,51,52)/t31?,34?,35?,36?,44-,45+,46+,47-/m0/s1. The van der Waals surface area contributed by atoms with Gasteiger partial charge in [0.2, 0.25) is 0 Å².